The average Bonchev–Trinajstić information content (AvgIpc) is 2.07. The van der Waals surface area contributed by atoms with E-state index in [1.54, 1.807) is 0 Å². The van der Waals surface area contributed by atoms with Gasteiger partial charge in [-0.25, -0.2) is 0 Å². The maximum atomic E-state index is 11.1. The SMILES string of the molecule is COc1c(O)ccc(Cl)c1C(C)=O. The molecule has 0 saturated heterocycles. The number of hydrogen-bond donors (Lipinski definition) is 1. The summed E-state index contributed by atoms with van der Waals surface area (Å²) in [4.78, 5) is 11.1. The monoisotopic (exact) mass is 200 g/mol. The molecule has 0 heterocycles. The van der Waals surface area contributed by atoms with Gasteiger partial charge in [0, 0.05) is 0 Å². The van der Waals surface area contributed by atoms with Crippen molar-refractivity contribution < 1.29 is 14.6 Å². The molecule has 0 aliphatic rings. The number of methoxy groups -OCH3 is 1. The number of ether oxygens (including phenoxy) is 1. The number of Topliss-reactive ketones (excluding diaryl/α,β-unsaturated/α-hetero) is 1. The molecule has 1 aromatic carbocycles. The van der Waals surface area contributed by atoms with Crippen LogP contribution in [0.15, 0.2) is 12.1 Å². The van der Waals surface area contributed by atoms with E-state index in [1.165, 1.54) is 26.2 Å². The summed E-state index contributed by atoms with van der Waals surface area (Å²) < 4.78 is 4.86. The fourth-order valence-corrected chi connectivity index (χ4v) is 1.36. The Balaban J connectivity index is 3.43. The molecule has 0 aliphatic carbocycles. The van der Waals surface area contributed by atoms with E-state index >= 15 is 0 Å². The second kappa shape index (κ2) is 3.66. The Hall–Kier alpha value is -1.22. The smallest absolute Gasteiger partial charge is 0.172 e. The standard InChI is InChI=1S/C9H9ClO3/c1-5(11)8-6(10)3-4-7(12)9(8)13-2/h3-4,12H,1-2H3. The zero-order chi connectivity index (χ0) is 10.0. The lowest BCUT2D eigenvalue weighted by molar-refractivity contribution is 0.101. The topological polar surface area (TPSA) is 46.5 Å². The molecule has 1 rings (SSSR count). The van der Waals surface area contributed by atoms with E-state index in [1.807, 2.05) is 0 Å². The molecule has 0 aromatic heterocycles. The summed E-state index contributed by atoms with van der Waals surface area (Å²) >= 11 is 5.76. The highest BCUT2D eigenvalue weighted by molar-refractivity contribution is 6.34. The maximum Gasteiger partial charge on any atom is 0.172 e. The maximum absolute atomic E-state index is 11.1. The summed E-state index contributed by atoms with van der Waals surface area (Å²) in [7, 11) is 1.37. The van der Waals surface area contributed by atoms with Crippen LogP contribution in [0, 0.1) is 0 Å². The third kappa shape index (κ3) is 1.75. The number of ketones is 1. The Labute approximate surface area is 80.9 Å². The highest BCUT2D eigenvalue weighted by atomic mass is 35.5. The molecule has 13 heavy (non-hydrogen) atoms. The first-order valence-corrected chi connectivity index (χ1v) is 4.02. The van der Waals surface area contributed by atoms with Gasteiger partial charge in [0.25, 0.3) is 0 Å². The number of phenols is 1. The van der Waals surface area contributed by atoms with Crippen molar-refractivity contribution in [3.63, 3.8) is 0 Å². The van der Waals surface area contributed by atoms with Gasteiger partial charge in [-0.1, -0.05) is 11.6 Å². The molecule has 3 nitrogen and oxygen atoms in total. The van der Waals surface area contributed by atoms with Crippen LogP contribution in [0.3, 0.4) is 0 Å². The molecule has 0 bridgehead atoms. The van der Waals surface area contributed by atoms with Crippen LogP contribution >= 0.6 is 11.6 Å². The highest BCUT2D eigenvalue weighted by Gasteiger charge is 2.15. The molecule has 0 fully saturated rings. The van der Waals surface area contributed by atoms with Gasteiger partial charge in [-0.2, -0.15) is 0 Å². The molecule has 0 aliphatic heterocycles. The van der Waals surface area contributed by atoms with Crippen LogP contribution in [-0.4, -0.2) is 18.0 Å². The van der Waals surface area contributed by atoms with Crippen LogP contribution in [0.4, 0.5) is 0 Å². The molecule has 0 radical (unpaired) electrons. The van der Waals surface area contributed by atoms with E-state index in [9.17, 15) is 9.90 Å². The highest BCUT2D eigenvalue weighted by Crippen LogP contribution is 2.34. The zero-order valence-corrected chi connectivity index (χ0v) is 8.05. The lowest BCUT2D eigenvalue weighted by Gasteiger charge is -2.08. The summed E-state index contributed by atoms with van der Waals surface area (Å²) in [5.74, 6) is -0.199. The Kier molecular flexibility index (Phi) is 2.78. The molecular formula is C9H9ClO3. The van der Waals surface area contributed by atoms with Crippen molar-refractivity contribution in [2.24, 2.45) is 0 Å². The van der Waals surface area contributed by atoms with Crippen molar-refractivity contribution in [2.45, 2.75) is 6.92 Å². The molecule has 0 unspecified atom stereocenters. The second-order valence-electron chi connectivity index (χ2n) is 2.53. The van der Waals surface area contributed by atoms with E-state index < -0.39 is 0 Å². The van der Waals surface area contributed by atoms with Crippen molar-refractivity contribution in [1.82, 2.24) is 0 Å². The third-order valence-corrected chi connectivity index (χ3v) is 1.96. The fourth-order valence-electron chi connectivity index (χ4n) is 1.08. The first-order valence-electron chi connectivity index (χ1n) is 3.64. The van der Waals surface area contributed by atoms with Crippen molar-refractivity contribution >= 4 is 17.4 Å². The molecule has 0 spiro atoms. The van der Waals surface area contributed by atoms with Gasteiger partial charge >= 0.3 is 0 Å². The van der Waals surface area contributed by atoms with E-state index in [4.69, 9.17) is 16.3 Å². The largest absolute Gasteiger partial charge is 0.504 e. The second-order valence-corrected chi connectivity index (χ2v) is 2.94. The molecule has 70 valence electrons. The lowest BCUT2D eigenvalue weighted by atomic mass is 10.1. The van der Waals surface area contributed by atoms with Crippen molar-refractivity contribution in [1.29, 1.82) is 0 Å². The summed E-state index contributed by atoms with van der Waals surface area (Å²) in [6.45, 7) is 1.36. The van der Waals surface area contributed by atoms with E-state index in [0.29, 0.717) is 0 Å². The molecule has 0 amide bonds. The molecule has 1 aromatic rings. The number of carbonyl (C=O) groups excluding carboxylic acids is 1. The van der Waals surface area contributed by atoms with Crippen LogP contribution in [-0.2, 0) is 0 Å². The molecule has 1 N–H and O–H groups in total. The van der Waals surface area contributed by atoms with E-state index in [-0.39, 0.29) is 27.9 Å². The van der Waals surface area contributed by atoms with Crippen LogP contribution < -0.4 is 4.74 Å². The zero-order valence-electron chi connectivity index (χ0n) is 7.30. The van der Waals surface area contributed by atoms with Crippen LogP contribution in [0.25, 0.3) is 0 Å². The summed E-state index contributed by atoms with van der Waals surface area (Å²) in [5, 5.41) is 9.61. The Bertz CT molecular complexity index is 347. The first kappa shape index (κ1) is 9.86. The minimum absolute atomic E-state index is 0.0860. The molecule has 0 atom stereocenters. The van der Waals surface area contributed by atoms with Gasteiger partial charge in [-0.05, 0) is 19.1 Å². The van der Waals surface area contributed by atoms with E-state index in [0.717, 1.165) is 0 Å². The average molecular weight is 201 g/mol. The lowest BCUT2D eigenvalue weighted by Crippen LogP contribution is -1.98. The van der Waals surface area contributed by atoms with E-state index in [2.05, 4.69) is 0 Å². The number of hydrogen-bond acceptors (Lipinski definition) is 3. The number of carbonyl (C=O) groups is 1. The van der Waals surface area contributed by atoms with Gasteiger partial charge in [0.05, 0.1) is 17.7 Å². The Morgan fingerprint density at radius 1 is 1.54 bits per heavy atom. The van der Waals surface area contributed by atoms with Crippen LogP contribution in [0.1, 0.15) is 17.3 Å². The van der Waals surface area contributed by atoms with Crippen LogP contribution in [0.5, 0.6) is 11.5 Å². The number of phenolic OH excluding ortho intramolecular Hbond substituents is 1. The van der Waals surface area contributed by atoms with Crippen molar-refractivity contribution in [2.75, 3.05) is 7.11 Å². The fraction of sp³-hybridized carbons (Fsp3) is 0.222. The predicted molar refractivity (Wildman–Crippen MR) is 49.7 cm³/mol. The molecule has 0 saturated carbocycles. The van der Waals surface area contributed by atoms with Gasteiger partial charge < -0.3 is 9.84 Å². The summed E-state index contributed by atoms with van der Waals surface area (Å²) in [5.41, 5.74) is 0.212. The first-order chi connectivity index (χ1) is 6.07. The summed E-state index contributed by atoms with van der Waals surface area (Å²) in [6.07, 6.45) is 0. The third-order valence-electron chi connectivity index (χ3n) is 1.64. The van der Waals surface area contributed by atoms with Gasteiger partial charge in [0.1, 0.15) is 0 Å². The minimum Gasteiger partial charge on any atom is -0.504 e. The quantitative estimate of drug-likeness (QED) is 0.745. The number of benzene rings is 1. The number of aromatic hydroxyl groups is 1. The molecule has 4 heteroatoms. The minimum atomic E-state index is -0.238. The predicted octanol–water partition coefficient (Wildman–Crippen LogP) is 2.26. The van der Waals surface area contributed by atoms with Gasteiger partial charge in [0.15, 0.2) is 17.3 Å². The van der Waals surface area contributed by atoms with Crippen molar-refractivity contribution in [3.8, 4) is 11.5 Å². The Morgan fingerprint density at radius 3 is 2.54 bits per heavy atom. The normalized spacial score (nSPS) is 9.77. The van der Waals surface area contributed by atoms with Gasteiger partial charge in [0.2, 0.25) is 0 Å². The van der Waals surface area contributed by atoms with Gasteiger partial charge in [-0.3, -0.25) is 4.79 Å². The molecular weight excluding hydrogens is 192 g/mol. The number of rotatable bonds is 2. The van der Waals surface area contributed by atoms with Crippen LogP contribution in [0.2, 0.25) is 5.02 Å². The number of halogens is 1. The van der Waals surface area contributed by atoms with Crippen molar-refractivity contribution in [3.05, 3.63) is 22.7 Å². The summed E-state index contributed by atoms with van der Waals surface area (Å²) in [6, 6.07) is 2.84. The van der Waals surface area contributed by atoms with Gasteiger partial charge in [-0.15, -0.1) is 0 Å². The Morgan fingerprint density at radius 2 is 2.15 bits per heavy atom.